The maximum atomic E-state index is 10.8. The van der Waals surface area contributed by atoms with E-state index in [1.54, 1.807) is 0 Å². The molecule has 0 aromatic carbocycles. The maximum Gasteiger partial charge on any atom is 0.274 e. The summed E-state index contributed by atoms with van der Waals surface area (Å²) in [5, 5.41) is 0. The molecule has 0 rings (SSSR count). The molecular formula is C9H19NO3. The van der Waals surface area contributed by atoms with Gasteiger partial charge in [-0.15, -0.1) is 0 Å². The van der Waals surface area contributed by atoms with E-state index in [1.165, 1.54) is 0 Å². The first-order chi connectivity index (χ1) is 6.22. The molecule has 0 aromatic rings. The van der Waals surface area contributed by atoms with Crippen molar-refractivity contribution >= 4 is 5.91 Å². The highest BCUT2D eigenvalue weighted by Gasteiger charge is 2.14. The van der Waals surface area contributed by atoms with Gasteiger partial charge in [0, 0.05) is 0 Å². The van der Waals surface area contributed by atoms with Crippen molar-refractivity contribution < 1.29 is 14.3 Å². The van der Waals surface area contributed by atoms with Gasteiger partial charge in [0.25, 0.3) is 5.91 Å². The molecule has 2 N–H and O–H groups in total. The van der Waals surface area contributed by atoms with Crippen LogP contribution in [-0.2, 0) is 14.3 Å². The first kappa shape index (κ1) is 12.4. The lowest BCUT2D eigenvalue weighted by molar-refractivity contribution is -0.169. The average molecular weight is 189 g/mol. The van der Waals surface area contributed by atoms with Crippen molar-refractivity contribution in [1.29, 1.82) is 0 Å². The minimum absolute atomic E-state index is 0.500. The van der Waals surface area contributed by atoms with Crippen LogP contribution in [0.5, 0.6) is 0 Å². The summed E-state index contributed by atoms with van der Waals surface area (Å²) in [6, 6.07) is 0. The second kappa shape index (κ2) is 8.01. The van der Waals surface area contributed by atoms with Gasteiger partial charge in [0.15, 0.2) is 0 Å². The Morgan fingerprint density at radius 3 is 2.31 bits per heavy atom. The number of carbonyl (C=O) groups is 1. The summed E-state index contributed by atoms with van der Waals surface area (Å²) in [5.74, 6) is -0.551. The highest BCUT2D eigenvalue weighted by molar-refractivity contribution is 5.77. The Labute approximate surface area is 79.4 Å². The fourth-order valence-electron chi connectivity index (χ4n) is 0.772. The molecule has 0 saturated carbocycles. The summed E-state index contributed by atoms with van der Waals surface area (Å²) in [6.45, 7) is 5.03. The number of amides is 1. The second-order valence-corrected chi connectivity index (χ2v) is 2.83. The van der Waals surface area contributed by atoms with E-state index >= 15 is 0 Å². The Morgan fingerprint density at radius 1 is 1.23 bits per heavy atom. The standard InChI is InChI=1S/C9H19NO3/c1-3-5-7-13-9(8(10)11)12-6-4-2/h9H,3-7H2,1-2H3,(H2,10,11). The van der Waals surface area contributed by atoms with Gasteiger partial charge in [-0.25, -0.2) is 0 Å². The van der Waals surface area contributed by atoms with Crippen LogP contribution in [0.25, 0.3) is 0 Å². The monoisotopic (exact) mass is 189 g/mol. The number of hydrogen-bond donors (Lipinski definition) is 1. The van der Waals surface area contributed by atoms with E-state index in [2.05, 4.69) is 6.92 Å². The van der Waals surface area contributed by atoms with Crippen LogP contribution in [0.1, 0.15) is 33.1 Å². The Bertz CT molecular complexity index is 139. The smallest absolute Gasteiger partial charge is 0.274 e. The molecule has 1 amide bonds. The van der Waals surface area contributed by atoms with E-state index < -0.39 is 12.2 Å². The molecule has 0 heterocycles. The summed E-state index contributed by atoms with van der Waals surface area (Å²) >= 11 is 0. The minimum atomic E-state index is -0.869. The Morgan fingerprint density at radius 2 is 1.85 bits per heavy atom. The van der Waals surface area contributed by atoms with Gasteiger partial charge in [0.1, 0.15) is 0 Å². The van der Waals surface area contributed by atoms with Crippen LogP contribution in [0.2, 0.25) is 0 Å². The number of ether oxygens (including phenoxy) is 2. The van der Waals surface area contributed by atoms with Crippen LogP contribution in [-0.4, -0.2) is 25.4 Å². The molecule has 0 fully saturated rings. The lowest BCUT2D eigenvalue weighted by Crippen LogP contribution is -2.34. The van der Waals surface area contributed by atoms with E-state index in [0.717, 1.165) is 19.3 Å². The van der Waals surface area contributed by atoms with E-state index in [4.69, 9.17) is 15.2 Å². The molecule has 0 aliphatic heterocycles. The van der Waals surface area contributed by atoms with Crippen LogP contribution >= 0.6 is 0 Å². The van der Waals surface area contributed by atoms with Crippen LogP contribution in [0.3, 0.4) is 0 Å². The molecule has 13 heavy (non-hydrogen) atoms. The predicted octanol–water partition coefficient (Wildman–Crippen LogP) is 1.04. The molecular weight excluding hydrogens is 170 g/mol. The number of unbranched alkanes of at least 4 members (excludes halogenated alkanes) is 1. The molecule has 0 aromatic heterocycles. The van der Waals surface area contributed by atoms with Gasteiger partial charge in [-0.1, -0.05) is 20.3 Å². The van der Waals surface area contributed by atoms with E-state index in [0.29, 0.717) is 13.2 Å². The lowest BCUT2D eigenvalue weighted by Gasteiger charge is -2.14. The molecule has 0 saturated heterocycles. The van der Waals surface area contributed by atoms with Crippen molar-refractivity contribution in [2.75, 3.05) is 13.2 Å². The molecule has 0 aliphatic rings. The highest BCUT2D eigenvalue weighted by Crippen LogP contribution is 1.98. The Hall–Kier alpha value is -0.610. The Balaban J connectivity index is 3.61. The van der Waals surface area contributed by atoms with E-state index in [1.807, 2.05) is 6.92 Å². The molecule has 0 bridgehead atoms. The molecule has 1 unspecified atom stereocenters. The quantitative estimate of drug-likeness (QED) is 0.458. The first-order valence-electron chi connectivity index (χ1n) is 4.74. The van der Waals surface area contributed by atoms with Gasteiger partial charge in [0.2, 0.25) is 6.29 Å². The average Bonchev–Trinajstić information content (AvgIpc) is 2.10. The highest BCUT2D eigenvalue weighted by atomic mass is 16.7. The zero-order valence-electron chi connectivity index (χ0n) is 8.41. The van der Waals surface area contributed by atoms with Crippen LogP contribution in [0.15, 0.2) is 0 Å². The van der Waals surface area contributed by atoms with Gasteiger partial charge in [-0.2, -0.15) is 0 Å². The third-order valence-corrected chi connectivity index (χ3v) is 1.47. The molecule has 4 nitrogen and oxygen atoms in total. The second-order valence-electron chi connectivity index (χ2n) is 2.83. The number of rotatable bonds is 8. The summed E-state index contributed by atoms with van der Waals surface area (Å²) in [6.07, 6.45) is 1.92. The van der Waals surface area contributed by atoms with Crippen molar-refractivity contribution in [3.8, 4) is 0 Å². The van der Waals surface area contributed by atoms with E-state index in [-0.39, 0.29) is 0 Å². The van der Waals surface area contributed by atoms with Crippen LogP contribution in [0, 0.1) is 0 Å². The van der Waals surface area contributed by atoms with Crippen LogP contribution < -0.4 is 5.73 Å². The SMILES string of the molecule is CCCCOC(OCCC)C(N)=O. The largest absolute Gasteiger partial charge is 0.365 e. The van der Waals surface area contributed by atoms with Crippen molar-refractivity contribution in [2.24, 2.45) is 5.73 Å². The molecule has 0 aliphatic carbocycles. The van der Waals surface area contributed by atoms with Gasteiger partial charge in [-0.3, -0.25) is 4.79 Å². The van der Waals surface area contributed by atoms with Crippen LogP contribution in [0.4, 0.5) is 0 Å². The van der Waals surface area contributed by atoms with Gasteiger partial charge >= 0.3 is 0 Å². The Kier molecular flexibility index (Phi) is 7.63. The molecule has 0 spiro atoms. The third kappa shape index (κ3) is 6.54. The molecule has 1 atom stereocenters. The first-order valence-corrected chi connectivity index (χ1v) is 4.74. The fraction of sp³-hybridized carbons (Fsp3) is 0.889. The molecule has 4 heteroatoms. The zero-order chi connectivity index (χ0) is 10.1. The summed E-state index contributed by atoms with van der Waals surface area (Å²) in [5.41, 5.74) is 5.07. The van der Waals surface area contributed by atoms with Crippen molar-refractivity contribution in [2.45, 2.75) is 39.4 Å². The lowest BCUT2D eigenvalue weighted by atomic mass is 10.4. The topological polar surface area (TPSA) is 61.6 Å². The summed E-state index contributed by atoms with van der Waals surface area (Å²) in [4.78, 5) is 10.8. The minimum Gasteiger partial charge on any atom is -0.365 e. The number of primary amides is 1. The third-order valence-electron chi connectivity index (χ3n) is 1.47. The number of hydrogen-bond acceptors (Lipinski definition) is 3. The normalized spacial score (nSPS) is 12.8. The maximum absolute atomic E-state index is 10.8. The number of carbonyl (C=O) groups excluding carboxylic acids is 1. The van der Waals surface area contributed by atoms with E-state index in [9.17, 15) is 4.79 Å². The van der Waals surface area contributed by atoms with Crippen molar-refractivity contribution in [1.82, 2.24) is 0 Å². The summed E-state index contributed by atoms with van der Waals surface area (Å²) < 4.78 is 10.3. The molecule has 78 valence electrons. The summed E-state index contributed by atoms with van der Waals surface area (Å²) in [7, 11) is 0. The van der Waals surface area contributed by atoms with Gasteiger partial charge in [-0.05, 0) is 12.8 Å². The fourth-order valence-corrected chi connectivity index (χ4v) is 0.772. The zero-order valence-corrected chi connectivity index (χ0v) is 8.41. The predicted molar refractivity (Wildman–Crippen MR) is 50.1 cm³/mol. The molecule has 0 radical (unpaired) electrons. The van der Waals surface area contributed by atoms with Crippen molar-refractivity contribution in [3.63, 3.8) is 0 Å². The van der Waals surface area contributed by atoms with Crippen molar-refractivity contribution in [3.05, 3.63) is 0 Å². The van der Waals surface area contributed by atoms with Gasteiger partial charge in [0.05, 0.1) is 13.2 Å². The number of nitrogens with two attached hydrogens (primary N) is 1. The van der Waals surface area contributed by atoms with Gasteiger partial charge < -0.3 is 15.2 Å².